The molecule has 0 saturated carbocycles. The molecule has 0 aliphatic carbocycles. The van der Waals surface area contributed by atoms with Crippen LogP contribution in [-0.2, 0) is 38.7 Å². The molecule has 2 amide bonds. The summed E-state index contributed by atoms with van der Waals surface area (Å²) in [6, 6.07) is 35.8. The topological polar surface area (TPSA) is 280 Å². The molecule has 0 radical (unpaired) electrons. The molecule has 12 heterocycles. The van der Waals surface area contributed by atoms with Crippen molar-refractivity contribution in [3.63, 3.8) is 0 Å². The minimum atomic E-state index is -0.448. The van der Waals surface area contributed by atoms with Gasteiger partial charge in [0, 0.05) is 143 Å². The van der Waals surface area contributed by atoms with Gasteiger partial charge in [-0.05, 0) is 130 Å². The third kappa shape index (κ3) is 19.2. The summed E-state index contributed by atoms with van der Waals surface area (Å²) in [6.45, 7) is 14.0. The Bertz CT molecular complexity index is 3780. The minimum absolute atomic E-state index is 0.0376. The zero-order valence-electron chi connectivity index (χ0n) is 54.1. The lowest BCUT2D eigenvalue weighted by molar-refractivity contribution is 0.0591. The second-order valence-electron chi connectivity index (χ2n) is 24.8. The Labute approximate surface area is 563 Å². The van der Waals surface area contributed by atoms with Crippen LogP contribution in [0.4, 0.5) is 32.6 Å². The standard InChI is InChI=1S/C26H28N6O3.C14H19N3O2.C14H20N2.C10H9N3O2.C7H6ClNO2/c27-21-5-1-2-6-22(21)30-24(33)20-7-8-23(29-15-20)31-12-9-26(17-31)10-13-32(18-26)25(34)35-16-19-4-3-11-28-14-19;1-19-13(18)11-2-3-12(16-8-11)17-7-5-14(10-17)4-6-15-9-14;1-2-4-13(5-3-1)10-16-9-7-14(12-16)6-8-15-11-14;14-10(13-5-4-12-8-13)15-7-9-2-1-3-11-6-9;1-11-7(10)5-2-3-6(8)9-4-5/h1-8,11,14-15H,9-10,12-13,16-18,27H2,(H,30,33);2-3,8,15H,4-7,9-10H2,1H3;1-5,15H,6-12H2;1-6,8H,7H2;2-4H,1H3. The summed E-state index contributed by atoms with van der Waals surface area (Å²) in [5.41, 5.74) is 12.6. The number of ether oxygens (including phenoxy) is 4. The van der Waals surface area contributed by atoms with Gasteiger partial charge >= 0.3 is 24.1 Å². The highest BCUT2D eigenvalue weighted by Crippen LogP contribution is 2.42. The fourth-order valence-electron chi connectivity index (χ4n) is 12.7. The van der Waals surface area contributed by atoms with Gasteiger partial charge in [-0.2, -0.15) is 0 Å². The van der Waals surface area contributed by atoms with Crippen molar-refractivity contribution in [2.75, 3.05) is 114 Å². The number of amides is 2. The first-order chi connectivity index (χ1) is 46.7. The number of imidazole rings is 1. The molecule has 6 aliphatic heterocycles. The number of nitrogens with one attached hydrogen (secondary N) is 3. The van der Waals surface area contributed by atoms with Crippen molar-refractivity contribution in [1.82, 2.24) is 54.9 Å². The number of nitrogens with zero attached hydrogens (tertiary/aromatic N) is 11. The number of para-hydroxylation sites is 2. The molecule has 96 heavy (non-hydrogen) atoms. The van der Waals surface area contributed by atoms with Crippen LogP contribution in [0.3, 0.4) is 0 Å². The van der Waals surface area contributed by atoms with E-state index in [1.165, 1.54) is 107 Å². The van der Waals surface area contributed by atoms with Crippen molar-refractivity contribution in [2.24, 2.45) is 16.2 Å². The largest absolute Gasteiger partial charge is 0.465 e. The molecule has 6 saturated heterocycles. The number of pyridine rings is 5. The monoisotopic (exact) mass is 1320 g/mol. The molecule has 3 spiro atoms. The normalized spacial score (nSPS) is 19.8. The van der Waals surface area contributed by atoms with Gasteiger partial charge in [0.05, 0.1) is 42.3 Å². The molecule has 6 aromatic heterocycles. The van der Waals surface area contributed by atoms with Crippen LogP contribution in [0.1, 0.15) is 86.3 Å². The van der Waals surface area contributed by atoms with Crippen LogP contribution >= 0.6 is 11.6 Å². The highest BCUT2D eigenvalue weighted by atomic mass is 35.5. The average Bonchev–Trinajstić information content (AvgIpc) is 1.67. The molecule has 3 unspecified atom stereocenters. The van der Waals surface area contributed by atoms with Crippen LogP contribution in [0, 0.1) is 16.2 Å². The number of halogens is 1. The maximum absolute atomic E-state index is 12.6. The highest BCUT2D eigenvalue weighted by molar-refractivity contribution is 6.29. The maximum Gasteiger partial charge on any atom is 0.419 e. The third-order valence-electron chi connectivity index (χ3n) is 18.1. The number of hydrogen-bond donors (Lipinski definition) is 4. The fourth-order valence-corrected chi connectivity index (χ4v) is 12.8. The quantitative estimate of drug-likeness (QED) is 0.0383. The summed E-state index contributed by atoms with van der Waals surface area (Å²) >= 11 is 5.50. The zero-order valence-corrected chi connectivity index (χ0v) is 54.9. The van der Waals surface area contributed by atoms with Gasteiger partial charge in [0.25, 0.3) is 5.91 Å². The molecule has 6 aliphatic rings. The average molecular weight is 1320 g/mol. The van der Waals surface area contributed by atoms with Crippen LogP contribution < -0.4 is 31.5 Å². The van der Waals surface area contributed by atoms with Crippen LogP contribution in [0.5, 0.6) is 0 Å². The van der Waals surface area contributed by atoms with Crippen molar-refractivity contribution in [1.29, 1.82) is 0 Å². The molecule has 24 nitrogen and oxygen atoms in total. The van der Waals surface area contributed by atoms with E-state index in [1.54, 1.807) is 78.5 Å². The number of anilines is 4. The minimum Gasteiger partial charge on any atom is -0.465 e. The number of likely N-dealkylation sites (tertiary alicyclic amines) is 2. The van der Waals surface area contributed by atoms with E-state index in [0.717, 1.165) is 81.4 Å². The van der Waals surface area contributed by atoms with Gasteiger partial charge < -0.3 is 55.3 Å². The Hall–Kier alpha value is -9.88. The van der Waals surface area contributed by atoms with E-state index < -0.39 is 12.1 Å². The third-order valence-corrected chi connectivity index (χ3v) is 18.3. The van der Waals surface area contributed by atoms with Crippen LogP contribution in [0.2, 0.25) is 5.15 Å². The fraction of sp³-hybridized carbons (Fsp3) is 0.366. The van der Waals surface area contributed by atoms with Crippen molar-refractivity contribution in [3.8, 4) is 0 Å². The Morgan fingerprint density at radius 3 is 1.65 bits per heavy atom. The predicted molar refractivity (Wildman–Crippen MR) is 364 cm³/mol. The summed E-state index contributed by atoms with van der Waals surface area (Å²) in [7, 11) is 2.70. The number of esters is 2. The molecule has 2 aromatic carbocycles. The Morgan fingerprint density at radius 2 is 1.09 bits per heavy atom. The molecule has 502 valence electrons. The second-order valence-corrected chi connectivity index (χ2v) is 25.2. The van der Waals surface area contributed by atoms with E-state index >= 15 is 0 Å². The van der Waals surface area contributed by atoms with Crippen molar-refractivity contribution < 1.29 is 42.9 Å². The smallest absolute Gasteiger partial charge is 0.419 e. The van der Waals surface area contributed by atoms with E-state index in [0.29, 0.717) is 57.1 Å². The molecule has 5 N–H and O–H groups in total. The number of nitrogens with two attached hydrogens (primary N) is 1. The number of aromatic nitrogens is 7. The van der Waals surface area contributed by atoms with Gasteiger partial charge in [-0.1, -0.05) is 66.2 Å². The van der Waals surface area contributed by atoms with Gasteiger partial charge in [0.15, 0.2) is 0 Å². The first kappa shape index (κ1) is 69.0. The zero-order chi connectivity index (χ0) is 67.2. The van der Waals surface area contributed by atoms with E-state index in [2.05, 4.69) is 100 Å². The first-order valence-corrected chi connectivity index (χ1v) is 32.5. The molecule has 6 fully saturated rings. The van der Waals surface area contributed by atoms with Crippen LogP contribution in [0.25, 0.3) is 0 Å². The lowest BCUT2D eigenvalue weighted by Crippen LogP contribution is -2.34. The Morgan fingerprint density at radius 1 is 0.542 bits per heavy atom. The number of hydrogen-bond acceptors (Lipinski definition) is 21. The van der Waals surface area contributed by atoms with E-state index in [4.69, 9.17) is 26.8 Å². The number of rotatable bonds is 12. The Balaban J connectivity index is 0.000000140. The lowest BCUT2D eigenvalue weighted by Gasteiger charge is -2.25. The highest BCUT2D eigenvalue weighted by Gasteiger charge is 2.46. The second kappa shape index (κ2) is 33.5. The summed E-state index contributed by atoms with van der Waals surface area (Å²) < 4.78 is 20.9. The summed E-state index contributed by atoms with van der Waals surface area (Å²) in [4.78, 5) is 92.0. The van der Waals surface area contributed by atoms with Crippen molar-refractivity contribution >= 4 is 64.6 Å². The van der Waals surface area contributed by atoms with Gasteiger partial charge in [-0.25, -0.2) is 43.7 Å². The molecule has 14 rings (SSSR count). The van der Waals surface area contributed by atoms with E-state index in [9.17, 15) is 24.0 Å². The van der Waals surface area contributed by atoms with E-state index in [-0.39, 0.29) is 36.6 Å². The summed E-state index contributed by atoms with van der Waals surface area (Å²) in [5, 5.41) is 10.1. The molecule has 3 atom stereocenters. The van der Waals surface area contributed by atoms with Crippen molar-refractivity contribution in [2.45, 2.75) is 58.3 Å². The van der Waals surface area contributed by atoms with Crippen molar-refractivity contribution in [3.05, 3.63) is 216 Å². The van der Waals surface area contributed by atoms with Gasteiger partial charge in [0.2, 0.25) is 0 Å². The van der Waals surface area contributed by atoms with Gasteiger partial charge in [-0.15, -0.1) is 0 Å². The number of carbonyl (C=O) groups is 5. The first-order valence-electron chi connectivity index (χ1n) is 32.1. The predicted octanol–water partition coefficient (Wildman–Crippen LogP) is 9.46. The Kier molecular flexibility index (Phi) is 24.1. The molecular weight excluding hydrogens is 1240 g/mol. The van der Waals surface area contributed by atoms with Crippen LogP contribution in [0.15, 0.2) is 177 Å². The van der Waals surface area contributed by atoms with Gasteiger partial charge in [0.1, 0.15) is 36.3 Å². The lowest BCUT2D eigenvalue weighted by atomic mass is 9.86. The number of nitrogen functional groups attached to an aromatic ring is 1. The molecule has 25 heteroatoms. The van der Waals surface area contributed by atoms with Gasteiger partial charge in [-0.3, -0.25) is 19.7 Å². The number of benzene rings is 2. The molecule has 0 bridgehead atoms. The molecule has 8 aromatic rings. The summed E-state index contributed by atoms with van der Waals surface area (Å²) in [5.74, 6) is 0.786. The SMILES string of the molecule is COC(=O)c1ccc(Cl)nc1.COC(=O)c1ccc(N2CCC3(CCNC3)C2)nc1.Nc1ccccc1NC(=O)c1ccc(N2CCC3(CCN(C(=O)OCc4cccnc4)C3)C2)nc1.O=C(OCc1cccnc1)n1ccnc1.c1ccc(CN2CCC3(CCNC3)C2)cc1. The van der Waals surface area contributed by atoms with Crippen LogP contribution in [-0.4, -0.2) is 167 Å². The summed E-state index contributed by atoms with van der Waals surface area (Å²) in [6.07, 6.45) is 22.1. The maximum atomic E-state index is 12.6. The van der Waals surface area contributed by atoms with E-state index in [1.807, 2.05) is 42.5 Å². The molecular formula is C71H82ClN15O9. The number of carbonyl (C=O) groups excluding carboxylic acids is 5. The number of methoxy groups -OCH3 is 2.